The number of ketones is 3. The highest BCUT2D eigenvalue weighted by atomic mass is 35.5. The number of aromatic nitrogens is 10. The van der Waals surface area contributed by atoms with Crippen LogP contribution in [0.3, 0.4) is 0 Å². The average Bonchev–Trinajstić information content (AvgIpc) is 1.69. The molecule has 4 spiro atoms. The number of hydrogen-bond acceptors (Lipinski definition) is 25. The first-order valence-corrected chi connectivity index (χ1v) is 45.6. The predicted molar refractivity (Wildman–Crippen MR) is 449 cm³/mol. The Kier molecular flexibility index (Phi) is 24.5. The molecule has 5 aromatic heterocycles. The third-order valence-electron chi connectivity index (χ3n) is 34.2. The van der Waals surface area contributed by atoms with Gasteiger partial charge in [0, 0.05) is 140 Å². The number of aliphatic hydroxyl groups is 1. The summed E-state index contributed by atoms with van der Waals surface area (Å²) in [6.45, 7) is 32.3. The van der Waals surface area contributed by atoms with Crippen LogP contribution in [0, 0.1) is 76.4 Å². The van der Waals surface area contributed by atoms with Gasteiger partial charge in [-0.05, 0) is 151 Å². The molecule has 7 saturated carbocycles. The minimum absolute atomic E-state index is 0.00285. The Labute approximate surface area is 717 Å². The van der Waals surface area contributed by atoms with Crippen molar-refractivity contribution in [3.05, 3.63) is 115 Å². The highest BCUT2D eigenvalue weighted by Crippen LogP contribution is 2.63. The van der Waals surface area contributed by atoms with Crippen LogP contribution < -0.4 is 19.8 Å². The number of H-pyrrole nitrogens is 1. The van der Waals surface area contributed by atoms with E-state index in [0.29, 0.717) is 127 Å². The topological polar surface area (TPSA) is 322 Å². The summed E-state index contributed by atoms with van der Waals surface area (Å²) in [6.07, 6.45) is 31.2. The smallest absolute Gasteiger partial charge is 0.254 e. The maximum Gasteiger partial charge on any atom is 0.254 e. The highest BCUT2D eigenvalue weighted by molar-refractivity contribution is 6.30. The Morgan fingerprint density at radius 3 is 1.14 bits per heavy atom. The van der Waals surface area contributed by atoms with Gasteiger partial charge in [-0.15, -0.1) is 0 Å². The van der Waals surface area contributed by atoms with Gasteiger partial charge in [-0.3, -0.25) is 19.2 Å². The summed E-state index contributed by atoms with van der Waals surface area (Å²) in [5.41, 5.74) is 11.0. The van der Waals surface area contributed by atoms with Crippen LogP contribution in [0.25, 0.3) is 0 Å². The molecule has 27 heteroatoms. The van der Waals surface area contributed by atoms with E-state index in [9.17, 15) is 24.3 Å². The fourth-order valence-electron chi connectivity index (χ4n) is 27.2. The van der Waals surface area contributed by atoms with E-state index in [2.05, 4.69) is 126 Å². The number of nitrogens with zero attached hydrogens (tertiary/aromatic N) is 9. The Morgan fingerprint density at radius 2 is 0.727 bits per heavy atom. The van der Waals surface area contributed by atoms with Crippen molar-refractivity contribution in [2.75, 3.05) is 74.2 Å². The Hall–Kier alpha value is -6.88. The molecule has 4 aliphatic heterocycles. The van der Waals surface area contributed by atoms with E-state index in [-0.39, 0.29) is 78.9 Å². The van der Waals surface area contributed by atoms with Gasteiger partial charge in [0.05, 0.1) is 115 Å². The van der Waals surface area contributed by atoms with E-state index in [4.69, 9.17) is 63.7 Å². The van der Waals surface area contributed by atoms with E-state index < -0.39 is 5.79 Å². The largest absolute Gasteiger partial charge is 0.515 e. The summed E-state index contributed by atoms with van der Waals surface area (Å²) in [7, 11) is 4.96. The number of methoxy groups -OCH3 is 3. The van der Waals surface area contributed by atoms with Crippen LogP contribution in [-0.2, 0) is 111 Å². The number of rotatable bonds is 3. The summed E-state index contributed by atoms with van der Waals surface area (Å²) >= 11 is 6.29. The zero-order chi connectivity index (χ0) is 85.6. The van der Waals surface area contributed by atoms with Crippen molar-refractivity contribution < 1.29 is 71.6 Å². The molecule has 0 amide bonds. The second-order valence-corrected chi connectivity index (χ2v) is 39.6. The van der Waals surface area contributed by atoms with Gasteiger partial charge in [0.2, 0.25) is 17.6 Å². The third kappa shape index (κ3) is 14.6. The molecule has 21 rings (SSSR count). The van der Waals surface area contributed by atoms with Gasteiger partial charge in [0.25, 0.3) is 5.56 Å². The van der Waals surface area contributed by atoms with Gasteiger partial charge in [-0.2, -0.15) is 0 Å². The van der Waals surface area contributed by atoms with Crippen molar-refractivity contribution in [1.29, 1.82) is 0 Å². The predicted octanol–water partition coefficient (Wildman–Crippen LogP) is 14.6. The van der Waals surface area contributed by atoms with Gasteiger partial charge < -0.3 is 62.2 Å². The first kappa shape index (κ1) is 87.6. The monoisotopic (exact) mass is 1690 g/mol. The van der Waals surface area contributed by atoms with Gasteiger partial charge in [0.15, 0.2) is 28.9 Å². The van der Waals surface area contributed by atoms with Crippen molar-refractivity contribution in [1.82, 2.24) is 49.8 Å². The van der Waals surface area contributed by atoms with Gasteiger partial charge in [-0.25, -0.2) is 44.9 Å². The SMILES string of the molecule is COc1ncnc2c1CC[C@H]1[C@H](C)C(=O)/C(=C\O)C[C@]21C.COc1ncnc2c1CC[C@H]1[C@H](C)C(=O)CC[C@]21C.COc1ncnc2c1CC[C@H]1[C@H](C)C3(CC[C@]21C)OCCO3.C[C@H]1[C@@H]2CCCC(=O)[C@@]2(C)CCC12OCCO2.C[C@H]1[C@@H]2CCc3c(Cl)ncnc3[C@@]2(C)CCC12OCCO2.C[C@H]1[C@@H]2CCc3c(nc[nH]c3=O)[C@@]2(C)CCC12OCCO2. The molecule has 16 aliphatic rings. The summed E-state index contributed by atoms with van der Waals surface area (Å²) in [5.74, 6) is 5.54. The lowest BCUT2D eigenvalue weighted by Gasteiger charge is -2.54. The number of carbonyl (C=O) groups excluding carboxylic acids is 3. The number of aliphatic hydroxyl groups excluding tert-OH is 1. The van der Waals surface area contributed by atoms with Gasteiger partial charge >= 0.3 is 0 Å². The summed E-state index contributed by atoms with van der Waals surface area (Å²) in [6, 6.07) is 0. The van der Waals surface area contributed by atoms with E-state index in [0.717, 1.165) is 225 Å². The molecule has 0 bridgehead atoms. The lowest BCUT2D eigenvalue weighted by atomic mass is 9.55. The quantitative estimate of drug-likeness (QED) is 0.0962. The normalized spacial score (nSPS) is 36.9. The van der Waals surface area contributed by atoms with Crippen molar-refractivity contribution in [3.8, 4) is 17.6 Å². The second kappa shape index (κ2) is 33.8. The van der Waals surface area contributed by atoms with Crippen LogP contribution in [0.15, 0.2) is 48.3 Å². The molecule has 0 radical (unpaired) electrons. The van der Waals surface area contributed by atoms with Crippen LogP contribution in [0.2, 0.25) is 5.15 Å². The number of aromatic amines is 1. The molecule has 9 heterocycles. The van der Waals surface area contributed by atoms with Crippen molar-refractivity contribution in [2.24, 2.45) is 76.4 Å². The van der Waals surface area contributed by atoms with Crippen LogP contribution in [0.1, 0.15) is 261 Å². The van der Waals surface area contributed by atoms with Crippen LogP contribution in [-0.4, -0.2) is 170 Å². The van der Waals surface area contributed by atoms with Gasteiger partial charge in [-0.1, -0.05) is 94.7 Å². The zero-order valence-electron chi connectivity index (χ0n) is 74.0. The summed E-state index contributed by atoms with van der Waals surface area (Å²) in [4.78, 5) is 91.0. The standard InChI is InChI=1S/C17H24N2O3.C16H21ClN2O2.C16H22N2O3.C16H20N2O3.C15H20N2O2.C14H22O3/c1-11-13-5-4-12-14(18-10-19-15(12)20-3)16(13,2)6-7-17(11)21-8-9-22-17;1-10-12-4-3-11-13(18-9-19-14(11)17)15(12,2)5-6-16(10)20-7-8-21-16;1-10-12-4-3-11-13(17-9-18-14(11)19)15(12,2)5-6-16(10)20-7-8-21-16;1-9-12-5-4-11-14(17-8-18-15(11)21-3)16(12,2)6-10(7-19)13(9)20;1-9-11-5-4-10-13(16-8-17-14(10)19-3)15(11,2)7-6-12(9)18;1-10-11-4-3-5-12(15)13(11,2)6-7-14(10)16-8-9-17-14/h10-11,13H,4-9H2,1-3H3;9-10,12H,3-8H2,1-2H3;9-10,12H,3-8H2,1-2H3,(H,17,18,19);7-9,12,19H,4-6H2,1-3H3;8-9,11H,4-7H2,1-3H3;10-11H,3-9H2,1-2H3/b;;;10-7-;;/t11-,13-,16-;2*10-,12-,15-;9-,12-,16-;9-,11-,15-;10-,11-,13-/m000000/s1. The Morgan fingerprint density at radius 1 is 0.388 bits per heavy atom. The second-order valence-electron chi connectivity index (χ2n) is 39.3. The zero-order valence-corrected chi connectivity index (χ0v) is 74.7. The molecule has 4 saturated heterocycles. The molecule has 12 aliphatic carbocycles. The molecular weight excluding hydrogens is 1560 g/mol. The number of hydrogen-bond donors (Lipinski definition) is 2. The summed E-state index contributed by atoms with van der Waals surface area (Å²) in [5, 5.41) is 10.0. The Bertz CT molecular complexity index is 4770. The molecule has 121 heavy (non-hydrogen) atoms. The molecule has 11 fully saturated rings. The number of carbonyl (C=O) groups is 3. The van der Waals surface area contributed by atoms with Gasteiger partial charge in [0.1, 0.15) is 42.0 Å². The minimum atomic E-state index is -0.400. The lowest BCUT2D eigenvalue weighted by Crippen LogP contribution is -2.56. The van der Waals surface area contributed by atoms with E-state index in [1.54, 1.807) is 46.6 Å². The third-order valence-corrected chi connectivity index (χ3v) is 34.5. The molecule has 0 aromatic carbocycles. The first-order valence-electron chi connectivity index (χ1n) is 45.2. The van der Waals surface area contributed by atoms with E-state index in [1.807, 2.05) is 6.92 Å². The molecular formula is C94H129ClN10O16. The number of halogens is 1. The first-order chi connectivity index (χ1) is 57.9. The van der Waals surface area contributed by atoms with Crippen LogP contribution in [0.4, 0.5) is 0 Å². The fraction of sp³-hybridized carbons (Fsp3) is 0.734. The average molecular weight is 1690 g/mol. The number of nitrogens with one attached hydrogen (secondary N) is 1. The van der Waals surface area contributed by atoms with E-state index in [1.165, 1.54) is 17.6 Å². The lowest BCUT2D eigenvalue weighted by molar-refractivity contribution is -0.242. The van der Waals surface area contributed by atoms with Crippen molar-refractivity contribution >= 4 is 29.0 Å². The molecule has 0 unspecified atom stereocenters. The minimum Gasteiger partial charge on any atom is -0.515 e. The summed E-state index contributed by atoms with van der Waals surface area (Å²) < 4.78 is 64.1. The highest BCUT2D eigenvalue weighted by Gasteiger charge is 2.63. The molecule has 2 N–H and O–H groups in total. The molecule has 18 atom stereocenters. The molecule has 26 nitrogen and oxygen atoms in total. The molecule has 658 valence electrons. The van der Waals surface area contributed by atoms with E-state index >= 15 is 0 Å². The van der Waals surface area contributed by atoms with Crippen LogP contribution >= 0.6 is 11.6 Å². The number of Topliss-reactive ketones (excluding diaryl/α,β-unsaturated/α-hetero) is 3. The molecule has 5 aromatic rings. The fourth-order valence-corrected chi connectivity index (χ4v) is 27.5. The maximum absolute atomic E-state index is 12.3. The van der Waals surface area contributed by atoms with Crippen molar-refractivity contribution in [2.45, 2.75) is 287 Å². The van der Waals surface area contributed by atoms with Crippen LogP contribution in [0.5, 0.6) is 17.6 Å². The number of fused-ring (bicyclic) bond motifs is 16. The Balaban J connectivity index is 0.000000108. The maximum atomic E-state index is 12.3. The number of allylic oxidation sites excluding steroid dienone is 1. The van der Waals surface area contributed by atoms with Crippen molar-refractivity contribution in [3.63, 3.8) is 0 Å². The number of ether oxygens (including phenoxy) is 11.